The van der Waals surface area contributed by atoms with Gasteiger partial charge in [0.1, 0.15) is 6.17 Å². The molecular formula is C32H42N4O3. The van der Waals surface area contributed by atoms with Crippen LogP contribution in [0.25, 0.3) is 6.08 Å². The van der Waals surface area contributed by atoms with Gasteiger partial charge in [-0.1, -0.05) is 63.1 Å². The number of amides is 2. The number of anilines is 2. The van der Waals surface area contributed by atoms with E-state index in [2.05, 4.69) is 60.1 Å². The van der Waals surface area contributed by atoms with Crippen LogP contribution in [0.1, 0.15) is 75.5 Å². The quantitative estimate of drug-likeness (QED) is 0.362. The lowest BCUT2D eigenvalue weighted by Crippen LogP contribution is -2.50. The van der Waals surface area contributed by atoms with Crippen LogP contribution in [0.2, 0.25) is 0 Å². The van der Waals surface area contributed by atoms with Gasteiger partial charge < -0.3 is 15.7 Å². The Hall–Kier alpha value is -3.32. The number of carbonyl (C=O) groups excluding carboxylic acids is 1. The number of hydrogen-bond acceptors (Lipinski definition) is 4. The number of carboxylic acids is 1. The number of hydrazine groups is 1. The highest BCUT2D eigenvalue weighted by Crippen LogP contribution is 2.42. The molecule has 3 aliphatic rings. The van der Waals surface area contributed by atoms with Gasteiger partial charge in [-0.05, 0) is 79.2 Å². The average Bonchev–Trinajstić information content (AvgIpc) is 3.31. The van der Waals surface area contributed by atoms with Gasteiger partial charge in [0, 0.05) is 30.1 Å². The molecule has 2 amide bonds. The Morgan fingerprint density at radius 1 is 1.13 bits per heavy atom. The van der Waals surface area contributed by atoms with Crippen molar-refractivity contribution in [1.82, 2.24) is 10.7 Å². The fourth-order valence-electron chi connectivity index (χ4n) is 6.76. The Balaban J connectivity index is 1.47. The van der Waals surface area contributed by atoms with Gasteiger partial charge in [0.25, 0.3) is 0 Å². The van der Waals surface area contributed by atoms with Crippen molar-refractivity contribution in [3.8, 4) is 0 Å². The zero-order valence-electron chi connectivity index (χ0n) is 23.4. The summed E-state index contributed by atoms with van der Waals surface area (Å²) in [6.45, 7) is 6.80. The van der Waals surface area contributed by atoms with E-state index < -0.39 is 5.97 Å². The topological polar surface area (TPSA) is 93.7 Å². The number of rotatable bonds is 4. The van der Waals surface area contributed by atoms with Crippen LogP contribution in [-0.4, -0.2) is 29.3 Å². The third kappa shape index (κ3) is 6.47. The first-order valence-electron chi connectivity index (χ1n) is 14.4. The maximum Gasteiger partial charge on any atom is 0.320 e. The van der Waals surface area contributed by atoms with Gasteiger partial charge in [0.05, 0.1) is 5.69 Å². The second-order valence-electron chi connectivity index (χ2n) is 12.3. The van der Waals surface area contributed by atoms with Crippen molar-refractivity contribution in [2.45, 2.75) is 84.3 Å². The monoisotopic (exact) mass is 530 g/mol. The standard InChI is InChI=1S/C32H42N4O3/c1-21-7-4-12-27-26(21)15-13-22-8-5-10-24(17-22)20-32(2,3)28-19-29(34-31(39)33-27)36(35-28)25-11-6-9-23(18-25)14-16-30(37)38/h4,6-7,9,11-13,15,18,22,24,28-29,35H,5,8,10,14,16-17,19-20H2,1-3H3,(H,37,38)(H2,33,34,39)/b15-13-. The molecule has 0 radical (unpaired) electrons. The molecule has 1 saturated heterocycles. The highest BCUT2D eigenvalue weighted by atomic mass is 16.4. The number of carboxylic acid groups (broad SMARTS) is 1. The van der Waals surface area contributed by atoms with E-state index in [1.807, 2.05) is 36.4 Å². The molecule has 2 aromatic carbocycles. The largest absolute Gasteiger partial charge is 0.481 e. The van der Waals surface area contributed by atoms with E-state index in [9.17, 15) is 9.59 Å². The molecule has 1 saturated carbocycles. The van der Waals surface area contributed by atoms with Crippen LogP contribution < -0.4 is 21.1 Å². The van der Waals surface area contributed by atoms with Gasteiger partial charge >= 0.3 is 12.0 Å². The van der Waals surface area contributed by atoms with Crippen molar-refractivity contribution < 1.29 is 14.7 Å². The number of nitrogens with one attached hydrogen (secondary N) is 3. The zero-order valence-corrected chi connectivity index (χ0v) is 23.4. The molecule has 4 N–H and O–H groups in total. The van der Waals surface area contributed by atoms with Crippen molar-refractivity contribution in [1.29, 1.82) is 0 Å². The summed E-state index contributed by atoms with van der Waals surface area (Å²) in [5, 5.41) is 17.6. The SMILES string of the molecule is Cc1cccc2c1/C=C\C1CCCC(C1)CC(C)(C)C1CC(NC(=O)N2)N(c2cccc(CCC(=O)O)c2)N1. The lowest BCUT2D eigenvalue weighted by atomic mass is 9.70. The van der Waals surface area contributed by atoms with Crippen LogP contribution in [0.15, 0.2) is 48.5 Å². The summed E-state index contributed by atoms with van der Waals surface area (Å²) in [6, 6.07) is 14.0. The molecule has 2 aromatic rings. The van der Waals surface area contributed by atoms with E-state index in [-0.39, 0.29) is 30.1 Å². The molecule has 2 fully saturated rings. The lowest BCUT2D eigenvalue weighted by molar-refractivity contribution is -0.136. The van der Waals surface area contributed by atoms with Crippen LogP contribution in [0.4, 0.5) is 16.2 Å². The van der Waals surface area contributed by atoms with E-state index in [1.54, 1.807) is 0 Å². The molecule has 0 spiro atoms. The molecule has 1 aliphatic carbocycles. The summed E-state index contributed by atoms with van der Waals surface area (Å²) in [5.41, 5.74) is 8.71. The number of urea groups is 1. The maximum atomic E-state index is 13.4. The van der Waals surface area contributed by atoms with Crippen molar-refractivity contribution >= 4 is 29.5 Å². The van der Waals surface area contributed by atoms with Gasteiger partial charge in [-0.2, -0.15) is 0 Å². The second kappa shape index (κ2) is 11.4. The maximum absolute atomic E-state index is 13.4. The molecule has 4 unspecified atom stereocenters. The summed E-state index contributed by atoms with van der Waals surface area (Å²) in [7, 11) is 0. The number of nitrogens with zero attached hydrogens (tertiary/aromatic N) is 1. The number of carbonyl (C=O) groups is 2. The minimum atomic E-state index is -0.804. The second-order valence-corrected chi connectivity index (χ2v) is 12.3. The molecule has 2 aliphatic heterocycles. The zero-order chi connectivity index (χ0) is 27.6. The highest BCUT2D eigenvalue weighted by molar-refractivity contribution is 5.92. The minimum absolute atomic E-state index is 0.0298. The number of benzene rings is 2. The van der Waals surface area contributed by atoms with Crippen LogP contribution in [0.3, 0.4) is 0 Å². The van der Waals surface area contributed by atoms with Gasteiger partial charge in [-0.3, -0.25) is 9.80 Å². The van der Waals surface area contributed by atoms with E-state index in [1.165, 1.54) is 25.7 Å². The van der Waals surface area contributed by atoms with Gasteiger partial charge in [0.15, 0.2) is 0 Å². The van der Waals surface area contributed by atoms with Crippen molar-refractivity contribution in [2.75, 3.05) is 10.3 Å². The van der Waals surface area contributed by atoms with Crippen molar-refractivity contribution in [3.63, 3.8) is 0 Å². The smallest absolute Gasteiger partial charge is 0.320 e. The lowest BCUT2D eigenvalue weighted by Gasteiger charge is -2.38. The molecule has 0 aromatic heterocycles. The minimum Gasteiger partial charge on any atom is -0.481 e. The van der Waals surface area contributed by atoms with Crippen molar-refractivity contribution in [3.05, 3.63) is 65.2 Å². The summed E-state index contributed by atoms with van der Waals surface area (Å²) in [5.74, 6) is 0.424. The van der Waals surface area contributed by atoms with Crippen LogP contribution in [0.5, 0.6) is 0 Å². The molecule has 7 heteroatoms. The van der Waals surface area contributed by atoms with Crippen LogP contribution in [-0.2, 0) is 11.2 Å². The summed E-state index contributed by atoms with van der Waals surface area (Å²) < 4.78 is 0. The Bertz CT molecular complexity index is 1240. The van der Waals surface area contributed by atoms with Crippen LogP contribution >= 0.6 is 0 Å². The summed E-state index contributed by atoms with van der Waals surface area (Å²) in [4.78, 5) is 24.5. The average molecular weight is 531 g/mol. The fourth-order valence-corrected chi connectivity index (χ4v) is 6.76. The third-order valence-corrected chi connectivity index (χ3v) is 8.87. The highest BCUT2D eigenvalue weighted by Gasteiger charge is 2.42. The predicted molar refractivity (Wildman–Crippen MR) is 156 cm³/mol. The molecule has 4 atom stereocenters. The number of hydrogen-bond donors (Lipinski definition) is 4. The van der Waals surface area contributed by atoms with Gasteiger partial charge in [-0.25, -0.2) is 10.2 Å². The number of aliphatic carboxylic acids is 1. The fraction of sp³-hybridized carbons (Fsp3) is 0.500. The molecule has 5 rings (SSSR count). The summed E-state index contributed by atoms with van der Waals surface area (Å²) in [6.07, 6.45) is 11.7. The number of aryl methyl sites for hydroxylation is 2. The molecular weight excluding hydrogens is 488 g/mol. The Kier molecular flexibility index (Phi) is 7.98. The van der Waals surface area contributed by atoms with Crippen molar-refractivity contribution in [2.24, 2.45) is 17.3 Å². The Morgan fingerprint density at radius 3 is 2.77 bits per heavy atom. The first-order chi connectivity index (χ1) is 18.7. The number of fused-ring (bicyclic) bond motifs is 5. The molecule has 39 heavy (non-hydrogen) atoms. The first kappa shape index (κ1) is 27.3. The molecule has 7 nitrogen and oxygen atoms in total. The normalized spacial score (nSPS) is 27.4. The first-order valence-corrected chi connectivity index (χ1v) is 14.4. The van der Waals surface area contributed by atoms with E-state index in [0.717, 1.165) is 40.9 Å². The Morgan fingerprint density at radius 2 is 1.95 bits per heavy atom. The van der Waals surface area contributed by atoms with E-state index in [4.69, 9.17) is 5.11 Å². The van der Waals surface area contributed by atoms with Crippen LogP contribution in [0, 0.1) is 24.2 Å². The predicted octanol–water partition coefficient (Wildman–Crippen LogP) is 6.49. The van der Waals surface area contributed by atoms with Gasteiger partial charge in [0.2, 0.25) is 0 Å². The van der Waals surface area contributed by atoms with E-state index in [0.29, 0.717) is 18.3 Å². The van der Waals surface area contributed by atoms with Gasteiger partial charge in [-0.15, -0.1) is 0 Å². The number of allylic oxidation sites excluding steroid dienone is 1. The Labute approximate surface area is 232 Å². The molecule has 2 heterocycles. The molecule has 4 bridgehead atoms. The molecule has 208 valence electrons. The third-order valence-electron chi connectivity index (χ3n) is 8.87. The van der Waals surface area contributed by atoms with E-state index >= 15 is 0 Å². The summed E-state index contributed by atoms with van der Waals surface area (Å²) >= 11 is 0.